The van der Waals surface area contributed by atoms with E-state index in [0.717, 1.165) is 5.76 Å². The largest absolute Gasteiger partial charge is 0.455 e. The summed E-state index contributed by atoms with van der Waals surface area (Å²) in [5.74, 6) is 0.973. The third-order valence-corrected chi connectivity index (χ3v) is 1.57. The third-order valence-electron chi connectivity index (χ3n) is 1.57. The summed E-state index contributed by atoms with van der Waals surface area (Å²) in [6.45, 7) is 3.12. The summed E-state index contributed by atoms with van der Waals surface area (Å²) in [7, 11) is 1.83. The SMILES string of the molecule is CCNC(=O)c1ccc(CNC)o1. The first-order chi connectivity index (χ1) is 6.27. The van der Waals surface area contributed by atoms with Gasteiger partial charge in [-0.2, -0.15) is 0 Å². The molecule has 0 saturated heterocycles. The average Bonchev–Trinajstić information content (AvgIpc) is 2.54. The Bertz CT molecular complexity index is 281. The molecular weight excluding hydrogens is 168 g/mol. The van der Waals surface area contributed by atoms with Crippen LogP contribution in [0.25, 0.3) is 0 Å². The maximum absolute atomic E-state index is 11.2. The lowest BCUT2D eigenvalue weighted by Crippen LogP contribution is -2.21. The maximum atomic E-state index is 11.2. The van der Waals surface area contributed by atoms with Crippen LogP contribution in [-0.2, 0) is 6.54 Å². The highest BCUT2D eigenvalue weighted by Crippen LogP contribution is 2.06. The normalized spacial score (nSPS) is 10.0. The average molecular weight is 182 g/mol. The lowest BCUT2D eigenvalue weighted by Gasteiger charge is -1.97. The van der Waals surface area contributed by atoms with Gasteiger partial charge in [0.1, 0.15) is 5.76 Å². The van der Waals surface area contributed by atoms with Gasteiger partial charge in [0.15, 0.2) is 5.76 Å². The molecule has 0 atom stereocenters. The highest BCUT2D eigenvalue weighted by Gasteiger charge is 2.08. The van der Waals surface area contributed by atoms with E-state index < -0.39 is 0 Å². The topological polar surface area (TPSA) is 54.3 Å². The highest BCUT2D eigenvalue weighted by molar-refractivity contribution is 5.91. The molecule has 2 N–H and O–H groups in total. The molecule has 0 radical (unpaired) electrons. The number of rotatable bonds is 4. The highest BCUT2D eigenvalue weighted by atomic mass is 16.4. The molecule has 0 saturated carbocycles. The number of furan rings is 1. The molecule has 0 aliphatic rings. The Morgan fingerprint density at radius 3 is 2.92 bits per heavy atom. The van der Waals surface area contributed by atoms with Crippen LogP contribution in [0.1, 0.15) is 23.2 Å². The zero-order chi connectivity index (χ0) is 9.68. The summed E-state index contributed by atoms with van der Waals surface area (Å²) >= 11 is 0. The molecule has 4 heteroatoms. The van der Waals surface area contributed by atoms with Crippen LogP contribution in [0.15, 0.2) is 16.5 Å². The zero-order valence-electron chi connectivity index (χ0n) is 7.89. The van der Waals surface area contributed by atoms with Gasteiger partial charge in [-0.3, -0.25) is 4.79 Å². The van der Waals surface area contributed by atoms with E-state index in [1.165, 1.54) is 0 Å². The predicted molar refractivity (Wildman–Crippen MR) is 49.5 cm³/mol. The molecule has 1 rings (SSSR count). The quantitative estimate of drug-likeness (QED) is 0.722. The second-order valence-corrected chi connectivity index (χ2v) is 2.66. The van der Waals surface area contributed by atoms with Crippen LogP contribution < -0.4 is 10.6 Å². The fourth-order valence-corrected chi connectivity index (χ4v) is 1.02. The number of amides is 1. The molecule has 1 heterocycles. The van der Waals surface area contributed by atoms with E-state index >= 15 is 0 Å². The van der Waals surface area contributed by atoms with Gasteiger partial charge >= 0.3 is 0 Å². The summed E-state index contributed by atoms with van der Waals surface area (Å²) < 4.78 is 5.26. The van der Waals surface area contributed by atoms with Crippen LogP contribution in [0.3, 0.4) is 0 Å². The van der Waals surface area contributed by atoms with Crippen LogP contribution in [0.2, 0.25) is 0 Å². The summed E-state index contributed by atoms with van der Waals surface area (Å²) in [4.78, 5) is 11.2. The third kappa shape index (κ3) is 2.59. The molecule has 0 aliphatic carbocycles. The van der Waals surface area contributed by atoms with Crippen LogP contribution in [0.5, 0.6) is 0 Å². The zero-order valence-corrected chi connectivity index (χ0v) is 7.89. The number of carbonyl (C=O) groups excluding carboxylic acids is 1. The van der Waals surface area contributed by atoms with Crippen LogP contribution in [0, 0.1) is 0 Å². The van der Waals surface area contributed by atoms with Gasteiger partial charge in [0.25, 0.3) is 5.91 Å². The summed E-state index contributed by atoms with van der Waals surface area (Å²) in [5, 5.41) is 5.61. The minimum Gasteiger partial charge on any atom is -0.455 e. The van der Waals surface area contributed by atoms with Crippen LogP contribution in [-0.4, -0.2) is 19.5 Å². The van der Waals surface area contributed by atoms with Gasteiger partial charge in [0.05, 0.1) is 6.54 Å². The monoisotopic (exact) mass is 182 g/mol. The molecule has 0 aromatic carbocycles. The summed E-state index contributed by atoms with van der Waals surface area (Å²) in [6, 6.07) is 3.47. The molecule has 0 aliphatic heterocycles. The van der Waals surface area contributed by atoms with Crippen molar-refractivity contribution in [3.05, 3.63) is 23.7 Å². The van der Waals surface area contributed by atoms with E-state index in [2.05, 4.69) is 10.6 Å². The summed E-state index contributed by atoms with van der Waals surface area (Å²) in [5.41, 5.74) is 0. The van der Waals surface area contributed by atoms with E-state index in [1.54, 1.807) is 12.1 Å². The van der Waals surface area contributed by atoms with Crippen molar-refractivity contribution >= 4 is 5.91 Å². The van der Waals surface area contributed by atoms with Crippen molar-refractivity contribution in [3.8, 4) is 0 Å². The van der Waals surface area contributed by atoms with Gasteiger partial charge in [0.2, 0.25) is 0 Å². The first kappa shape index (κ1) is 9.80. The van der Waals surface area contributed by atoms with Crippen LogP contribution >= 0.6 is 0 Å². The Morgan fingerprint density at radius 1 is 1.54 bits per heavy atom. The molecule has 13 heavy (non-hydrogen) atoms. The lowest BCUT2D eigenvalue weighted by molar-refractivity contribution is 0.0926. The number of hydrogen-bond acceptors (Lipinski definition) is 3. The second kappa shape index (κ2) is 4.67. The Kier molecular flexibility index (Phi) is 3.52. The van der Waals surface area contributed by atoms with Crippen molar-refractivity contribution in [1.82, 2.24) is 10.6 Å². The van der Waals surface area contributed by atoms with Crippen molar-refractivity contribution in [2.24, 2.45) is 0 Å². The molecule has 0 spiro atoms. The molecule has 1 aromatic heterocycles. The first-order valence-electron chi connectivity index (χ1n) is 4.29. The van der Waals surface area contributed by atoms with Gasteiger partial charge in [-0.05, 0) is 26.1 Å². The molecular formula is C9H14N2O2. The fourth-order valence-electron chi connectivity index (χ4n) is 1.02. The van der Waals surface area contributed by atoms with E-state index in [4.69, 9.17) is 4.42 Å². The van der Waals surface area contributed by atoms with Gasteiger partial charge in [-0.1, -0.05) is 0 Å². The van der Waals surface area contributed by atoms with E-state index in [9.17, 15) is 4.79 Å². The van der Waals surface area contributed by atoms with Gasteiger partial charge in [0, 0.05) is 6.54 Å². The van der Waals surface area contributed by atoms with Crippen molar-refractivity contribution in [2.75, 3.05) is 13.6 Å². The first-order valence-corrected chi connectivity index (χ1v) is 4.29. The number of carbonyl (C=O) groups is 1. The standard InChI is InChI=1S/C9H14N2O2/c1-3-11-9(12)8-5-4-7(13-8)6-10-2/h4-5,10H,3,6H2,1-2H3,(H,11,12). The van der Waals surface area contributed by atoms with Crippen molar-refractivity contribution < 1.29 is 9.21 Å². The minimum absolute atomic E-state index is 0.162. The molecule has 72 valence electrons. The Hall–Kier alpha value is -1.29. The maximum Gasteiger partial charge on any atom is 0.286 e. The smallest absolute Gasteiger partial charge is 0.286 e. The Morgan fingerprint density at radius 2 is 2.31 bits per heavy atom. The Balaban J connectivity index is 2.62. The van der Waals surface area contributed by atoms with E-state index in [0.29, 0.717) is 18.8 Å². The summed E-state index contributed by atoms with van der Waals surface area (Å²) in [6.07, 6.45) is 0. The van der Waals surface area contributed by atoms with Crippen molar-refractivity contribution in [1.29, 1.82) is 0 Å². The van der Waals surface area contributed by atoms with Crippen molar-refractivity contribution in [2.45, 2.75) is 13.5 Å². The van der Waals surface area contributed by atoms with Gasteiger partial charge < -0.3 is 15.1 Å². The molecule has 0 fully saturated rings. The van der Waals surface area contributed by atoms with Gasteiger partial charge in [-0.15, -0.1) is 0 Å². The second-order valence-electron chi connectivity index (χ2n) is 2.66. The molecule has 0 bridgehead atoms. The van der Waals surface area contributed by atoms with Gasteiger partial charge in [-0.25, -0.2) is 0 Å². The minimum atomic E-state index is -0.162. The Labute approximate surface area is 77.3 Å². The lowest BCUT2D eigenvalue weighted by atomic mass is 10.4. The molecule has 4 nitrogen and oxygen atoms in total. The molecule has 0 unspecified atom stereocenters. The number of nitrogens with one attached hydrogen (secondary N) is 2. The van der Waals surface area contributed by atoms with Crippen LogP contribution in [0.4, 0.5) is 0 Å². The number of hydrogen-bond donors (Lipinski definition) is 2. The molecule has 1 aromatic rings. The van der Waals surface area contributed by atoms with E-state index in [-0.39, 0.29) is 5.91 Å². The molecule has 1 amide bonds. The predicted octanol–water partition coefficient (Wildman–Crippen LogP) is 0.749. The van der Waals surface area contributed by atoms with E-state index in [1.807, 2.05) is 14.0 Å². The fraction of sp³-hybridized carbons (Fsp3) is 0.444. The van der Waals surface area contributed by atoms with Crippen molar-refractivity contribution in [3.63, 3.8) is 0 Å².